The van der Waals surface area contributed by atoms with Gasteiger partial charge in [-0.15, -0.1) is 0 Å². The number of nitrogens with zero attached hydrogens (tertiary/aromatic N) is 1. The van der Waals surface area contributed by atoms with Crippen molar-refractivity contribution in [2.24, 2.45) is 0 Å². The summed E-state index contributed by atoms with van der Waals surface area (Å²) in [6, 6.07) is 9.74. The number of ether oxygens (including phenoxy) is 1. The summed E-state index contributed by atoms with van der Waals surface area (Å²) in [7, 11) is -5.88. The van der Waals surface area contributed by atoms with Crippen LogP contribution in [0.15, 0.2) is 59.5 Å². The molecule has 2 aliphatic carbocycles. The number of carboxylic acid groups (broad SMARTS) is 1. The van der Waals surface area contributed by atoms with Gasteiger partial charge in [-0.2, -0.15) is 4.31 Å². The van der Waals surface area contributed by atoms with E-state index in [4.69, 9.17) is 16.3 Å². The lowest BCUT2D eigenvalue weighted by molar-refractivity contribution is -0.120. The van der Waals surface area contributed by atoms with Crippen molar-refractivity contribution >= 4 is 39.2 Å². The minimum atomic E-state index is -5.88. The van der Waals surface area contributed by atoms with E-state index in [-0.39, 0.29) is 43.9 Å². The molecule has 6 rings (SSSR count). The minimum Gasteiger partial charge on any atom is -0.488 e. The predicted octanol–water partition coefficient (Wildman–Crippen LogP) is 9.03. The Hall–Kier alpha value is -4.60. The van der Waals surface area contributed by atoms with Gasteiger partial charge in [-0.3, -0.25) is 4.79 Å². The topological polar surface area (TPSA) is 113 Å². The van der Waals surface area contributed by atoms with Crippen LogP contribution in [0, 0.1) is 34.9 Å². The Morgan fingerprint density at radius 1 is 0.891 bits per heavy atom. The zero-order valence-electron chi connectivity index (χ0n) is 29.7. The number of carboxylic acids is 1. The highest BCUT2D eigenvalue weighted by Gasteiger charge is 2.43. The van der Waals surface area contributed by atoms with Crippen molar-refractivity contribution in [1.29, 1.82) is 0 Å². The number of carbonyl (C=O) groups is 2. The number of benzene rings is 4. The van der Waals surface area contributed by atoms with Gasteiger partial charge in [-0.1, -0.05) is 56.6 Å². The summed E-state index contributed by atoms with van der Waals surface area (Å²) in [5.74, 6) is -16.2. The molecule has 2 saturated carbocycles. The summed E-state index contributed by atoms with van der Waals surface area (Å²) in [4.78, 5) is 24.2. The van der Waals surface area contributed by atoms with Gasteiger partial charge >= 0.3 is 5.97 Å². The second-order valence-electron chi connectivity index (χ2n) is 14.7. The molecule has 4 aromatic carbocycles. The molecule has 4 aromatic rings. The summed E-state index contributed by atoms with van der Waals surface area (Å²) in [5, 5.41) is 11.8. The van der Waals surface area contributed by atoms with Crippen molar-refractivity contribution in [2.75, 3.05) is 5.32 Å². The highest BCUT2D eigenvalue weighted by atomic mass is 35.5. The van der Waals surface area contributed by atoms with Crippen molar-refractivity contribution in [3.63, 3.8) is 0 Å². The van der Waals surface area contributed by atoms with Crippen LogP contribution in [0.3, 0.4) is 0 Å². The van der Waals surface area contributed by atoms with E-state index in [0.717, 1.165) is 54.3 Å². The highest BCUT2D eigenvalue weighted by molar-refractivity contribution is 7.89. The Kier molecular flexibility index (Phi) is 11.0. The largest absolute Gasteiger partial charge is 0.488 e. The zero-order valence-corrected chi connectivity index (χ0v) is 31.2. The Bertz CT molecular complexity index is 2280. The number of halogens is 7. The molecule has 2 aliphatic rings. The summed E-state index contributed by atoms with van der Waals surface area (Å²) >= 11 is 6.28. The Balaban J connectivity index is 1.56. The predicted molar refractivity (Wildman–Crippen MR) is 191 cm³/mol. The molecular formula is C39H35ClF6N2O6S. The maximum atomic E-state index is 15.4. The lowest BCUT2D eigenvalue weighted by Crippen LogP contribution is -2.48. The highest BCUT2D eigenvalue weighted by Crippen LogP contribution is 2.42. The fourth-order valence-electron chi connectivity index (χ4n) is 6.02. The second kappa shape index (κ2) is 15.1. The third-order valence-electron chi connectivity index (χ3n) is 9.39. The number of amides is 1. The quantitative estimate of drug-likeness (QED) is 0.0793. The summed E-state index contributed by atoms with van der Waals surface area (Å²) in [6.45, 7) is 4.81. The fourth-order valence-corrected chi connectivity index (χ4v) is 7.92. The minimum absolute atomic E-state index is 0.0731. The first-order chi connectivity index (χ1) is 25.8. The van der Waals surface area contributed by atoms with Crippen LogP contribution in [0.5, 0.6) is 5.75 Å². The molecule has 1 atom stereocenters. The maximum absolute atomic E-state index is 15.4. The van der Waals surface area contributed by atoms with Gasteiger partial charge in [0, 0.05) is 11.6 Å². The van der Waals surface area contributed by atoms with Crippen LogP contribution >= 0.6 is 11.6 Å². The molecule has 292 valence electrons. The molecule has 1 amide bonds. The molecule has 55 heavy (non-hydrogen) atoms. The van der Waals surface area contributed by atoms with E-state index in [2.05, 4.69) is 5.32 Å². The van der Waals surface area contributed by atoms with Gasteiger partial charge in [-0.25, -0.2) is 39.6 Å². The average Bonchev–Trinajstić information content (AvgIpc) is 4.05. The van der Waals surface area contributed by atoms with Crippen LogP contribution in [-0.2, 0) is 33.2 Å². The standard InChI is InChI=1S/C39H35ClF6N2O6S/c1-39(2,3)24-13-19(12-23(15-24)20-4-5-20)14-29(37(49)47-28-11-7-21(38(50)51)16-30(28)54-26-9-10-26)48(18-22-6-8-25(41)17-27(22)40)55(52,53)36-34(45)32(43)31(42)33(44)35(36)46/h6-8,11-13,15-17,20,26,29H,4-5,9-10,14,18H2,1-3H3,(H,47,49)(H,50,51). The van der Waals surface area contributed by atoms with E-state index < -0.39 is 86.1 Å². The van der Waals surface area contributed by atoms with Gasteiger partial charge in [0.1, 0.15) is 17.6 Å². The second-order valence-corrected chi connectivity index (χ2v) is 16.9. The normalized spacial score (nSPS) is 15.3. The molecule has 2 fully saturated rings. The van der Waals surface area contributed by atoms with Crippen molar-refractivity contribution in [1.82, 2.24) is 4.31 Å². The van der Waals surface area contributed by atoms with E-state index in [1.54, 1.807) is 12.1 Å². The lowest BCUT2D eigenvalue weighted by atomic mass is 9.83. The molecule has 0 bridgehead atoms. The third-order valence-corrected chi connectivity index (χ3v) is 11.6. The maximum Gasteiger partial charge on any atom is 0.335 e. The Labute approximate surface area is 318 Å². The summed E-state index contributed by atoms with van der Waals surface area (Å²) in [5.41, 5.74) is 1.18. The van der Waals surface area contributed by atoms with Crippen molar-refractivity contribution < 1.29 is 54.2 Å². The van der Waals surface area contributed by atoms with Gasteiger partial charge in [0.2, 0.25) is 21.7 Å². The van der Waals surface area contributed by atoms with Crippen molar-refractivity contribution in [3.8, 4) is 5.75 Å². The van der Waals surface area contributed by atoms with E-state index >= 15 is 8.78 Å². The van der Waals surface area contributed by atoms with E-state index in [9.17, 15) is 40.7 Å². The first-order valence-corrected chi connectivity index (χ1v) is 19.0. The van der Waals surface area contributed by atoms with Crippen LogP contribution in [0.25, 0.3) is 0 Å². The third kappa shape index (κ3) is 8.63. The molecule has 1 unspecified atom stereocenters. The first-order valence-electron chi connectivity index (χ1n) is 17.2. The Morgan fingerprint density at radius 2 is 1.53 bits per heavy atom. The molecule has 2 N–H and O–H groups in total. The van der Waals surface area contributed by atoms with Gasteiger partial charge in [0.15, 0.2) is 28.2 Å². The number of nitrogens with one attached hydrogen (secondary N) is 1. The van der Waals surface area contributed by atoms with Gasteiger partial charge in [0.25, 0.3) is 0 Å². The van der Waals surface area contributed by atoms with Crippen molar-refractivity contribution in [3.05, 3.63) is 122 Å². The fraction of sp³-hybridized carbons (Fsp3) is 0.333. The molecule has 0 aliphatic heterocycles. The van der Waals surface area contributed by atoms with Crippen LogP contribution in [0.4, 0.5) is 32.0 Å². The monoisotopic (exact) mass is 808 g/mol. The molecule has 16 heteroatoms. The Morgan fingerprint density at radius 3 is 2.09 bits per heavy atom. The number of rotatable bonds is 13. The molecular weight excluding hydrogens is 774 g/mol. The van der Waals surface area contributed by atoms with Crippen LogP contribution < -0.4 is 10.1 Å². The van der Waals surface area contributed by atoms with Gasteiger partial charge < -0.3 is 15.2 Å². The first kappa shape index (κ1) is 40.1. The smallest absolute Gasteiger partial charge is 0.335 e. The van der Waals surface area contributed by atoms with Crippen LogP contribution in [0.1, 0.15) is 85.0 Å². The number of carbonyl (C=O) groups excluding carboxylic acids is 1. The number of anilines is 1. The summed E-state index contributed by atoms with van der Waals surface area (Å²) < 4.78 is 124. The molecule has 0 heterocycles. The molecule has 0 radical (unpaired) electrons. The van der Waals surface area contributed by atoms with E-state index in [1.807, 2.05) is 26.8 Å². The van der Waals surface area contributed by atoms with E-state index in [0.29, 0.717) is 18.4 Å². The number of sulfonamides is 1. The van der Waals surface area contributed by atoms with Crippen molar-refractivity contribution in [2.45, 2.75) is 87.8 Å². The molecule has 0 saturated heterocycles. The average molecular weight is 809 g/mol. The number of aromatic carboxylic acids is 1. The molecule has 8 nitrogen and oxygen atoms in total. The molecule has 0 spiro atoms. The van der Waals surface area contributed by atoms with Gasteiger partial charge in [0.05, 0.1) is 17.4 Å². The number of hydrogen-bond donors (Lipinski definition) is 2. The molecule has 0 aromatic heterocycles. The lowest BCUT2D eigenvalue weighted by Gasteiger charge is -2.32. The van der Waals surface area contributed by atoms with Gasteiger partial charge in [-0.05, 0) is 96.0 Å². The number of hydrogen-bond acceptors (Lipinski definition) is 5. The van der Waals surface area contributed by atoms with E-state index in [1.165, 1.54) is 6.07 Å². The summed E-state index contributed by atoms with van der Waals surface area (Å²) in [6.07, 6.45) is 2.20. The van der Waals surface area contributed by atoms with Crippen LogP contribution in [-0.4, -0.2) is 41.9 Å². The SMILES string of the molecule is CC(C)(C)c1cc(CC(C(=O)Nc2ccc(C(=O)O)cc2OC2CC2)N(Cc2ccc(F)cc2Cl)S(=O)(=O)c2c(F)c(F)c(F)c(F)c2F)cc(C2CC2)c1. The van der Waals surface area contributed by atoms with Crippen LogP contribution in [0.2, 0.25) is 5.02 Å². The zero-order chi connectivity index (χ0) is 40.1.